The van der Waals surface area contributed by atoms with E-state index in [-0.39, 0.29) is 0 Å². The fourth-order valence-corrected chi connectivity index (χ4v) is 4.31. The molecule has 1 fully saturated rings. The predicted molar refractivity (Wildman–Crippen MR) is 102 cm³/mol. The van der Waals surface area contributed by atoms with Gasteiger partial charge in [-0.3, -0.25) is 4.99 Å². The highest BCUT2D eigenvalue weighted by Gasteiger charge is 2.20. The fraction of sp³-hybridized carbons (Fsp3) is 0.941. The van der Waals surface area contributed by atoms with Crippen LogP contribution in [-0.2, 0) is 10.0 Å². The van der Waals surface area contributed by atoms with Crippen molar-refractivity contribution >= 4 is 16.0 Å². The van der Waals surface area contributed by atoms with Crippen LogP contribution in [-0.4, -0.2) is 70.1 Å². The zero-order valence-electron chi connectivity index (χ0n) is 16.1. The Hall–Kier alpha value is -0.820. The van der Waals surface area contributed by atoms with Gasteiger partial charge < -0.3 is 10.2 Å². The average Bonchev–Trinajstić information content (AvgIpc) is 2.51. The van der Waals surface area contributed by atoms with Crippen molar-refractivity contribution in [2.75, 3.05) is 46.5 Å². The first-order valence-electron chi connectivity index (χ1n) is 9.14. The van der Waals surface area contributed by atoms with Crippen LogP contribution >= 0.6 is 0 Å². The van der Waals surface area contributed by atoms with Crippen molar-refractivity contribution < 1.29 is 8.42 Å². The van der Waals surface area contributed by atoms with Gasteiger partial charge in [-0.05, 0) is 31.1 Å². The Morgan fingerprint density at radius 3 is 2.38 bits per heavy atom. The minimum Gasteiger partial charge on any atom is -0.356 e. The standard InChI is InChI=1S/C17H36N4O2S/c1-6-21(24(5,22)23)13-7-12-19-17(18-3)20(4)14-16-10-8-15(2)9-11-16/h15-16H,6-14H2,1-5H3,(H,18,19). The van der Waals surface area contributed by atoms with E-state index in [4.69, 9.17) is 0 Å². The molecule has 0 amide bonds. The molecule has 0 aromatic rings. The van der Waals surface area contributed by atoms with Crippen molar-refractivity contribution in [3.8, 4) is 0 Å². The van der Waals surface area contributed by atoms with Gasteiger partial charge >= 0.3 is 0 Å². The van der Waals surface area contributed by atoms with Gasteiger partial charge in [-0.1, -0.05) is 26.7 Å². The smallest absolute Gasteiger partial charge is 0.211 e. The van der Waals surface area contributed by atoms with E-state index in [1.54, 1.807) is 7.05 Å². The van der Waals surface area contributed by atoms with Crippen molar-refractivity contribution in [1.82, 2.24) is 14.5 Å². The normalized spacial score (nSPS) is 22.7. The molecule has 0 atom stereocenters. The quantitative estimate of drug-likeness (QED) is 0.408. The first-order chi connectivity index (χ1) is 11.3. The molecule has 1 aliphatic carbocycles. The Balaban J connectivity index is 2.34. The van der Waals surface area contributed by atoms with E-state index in [9.17, 15) is 8.42 Å². The number of hydrogen-bond acceptors (Lipinski definition) is 3. The second kappa shape index (κ2) is 10.2. The lowest BCUT2D eigenvalue weighted by molar-refractivity contribution is 0.250. The molecule has 1 saturated carbocycles. The first-order valence-corrected chi connectivity index (χ1v) is 11.0. The molecule has 0 aliphatic heterocycles. The van der Waals surface area contributed by atoms with E-state index >= 15 is 0 Å². The average molecular weight is 361 g/mol. The lowest BCUT2D eigenvalue weighted by Gasteiger charge is -2.31. The van der Waals surface area contributed by atoms with E-state index in [1.165, 1.54) is 36.2 Å². The molecular weight excluding hydrogens is 324 g/mol. The van der Waals surface area contributed by atoms with Gasteiger partial charge in [0.15, 0.2) is 5.96 Å². The molecule has 7 heteroatoms. The zero-order valence-corrected chi connectivity index (χ0v) is 16.9. The minimum absolute atomic E-state index is 0.521. The van der Waals surface area contributed by atoms with Crippen LogP contribution in [0.1, 0.15) is 46.0 Å². The second-order valence-electron chi connectivity index (χ2n) is 7.09. The number of hydrogen-bond donors (Lipinski definition) is 1. The lowest BCUT2D eigenvalue weighted by atomic mass is 9.83. The summed E-state index contributed by atoms with van der Waals surface area (Å²) in [7, 11) is 0.791. The van der Waals surface area contributed by atoms with Crippen molar-refractivity contribution in [2.24, 2.45) is 16.8 Å². The predicted octanol–water partition coefficient (Wildman–Crippen LogP) is 1.99. The lowest BCUT2D eigenvalue weighted by Crippen LogP contribution is -2.42. The molecule has 0 radical (unpaired) electrons. The molecular formula is C17H36N4O2S. The van der Waals surface area contributed by atoms with Gasteiger partial charge in [-0.2, -0.15) is 0 Å². The van der Waals surface area contributed by atoms with Gasteiger partial charge in [0, 0.05) is 40.3 Å². The van der Waals surface area contributed by atoms with Crippen LogP contribution in [0.15, 0.2) is 4.99 Å². The largest absolute Gasteiger partial charge is 0.356 e. The Morgan fingerprint density at radius 2 is 1.88 bits per heavy atom. The van der Waals surface area contributed by atoms with E-state index in [1.807, 2.05) is 6.92 Å². The van der Waals surface area contributed by atoms with Gasteiger partial charge in [-0.25, -0.2) is 12.7 Å². The molecule has 24 heavy (non-hydrogen) atoms. The van der Waals surface area contributed by atoms with Crippen molar-refractivity contribution in [3.05, 3.63) is 0 Å². The molecule has 1 rings (SSSR count). The zero-order chi connectivity index (χ0) is 18.2. The summed E-state index contributed by atoms with van der Waals surface area (Å²) in [5.41, 5.74) is 0. The maximum absolute atomic E-state index is 11.6. The van der Waals surface area contributed by atoms with E-state index in [2.05, 4.69) is 29.2 Å². The van der Waals surface area contributed by atoms with Crippen molar-refractivity contribution in [2.45, 2.75) is 46.0 Å². The molecule has 0 saturated heterocycles. The Kier molecular flexibility index (Phi) is 9.05. The van der Waals surface area contributed by atoms with Crippen LogP contribution in [0.25, 0.3) is 0 Å². The number of rotatable bonds is 8. The van der Waals surface area contributed by atoms with Gasteiger partial charge in [-0.15, -0.1) is 0 Å². The van der Waals surface area contributed by atoms with Crippen LogP contribution in [0.5, 0.6) is 0 Å². The van der Waals surface area contributed by atoms with Gasteiger partial charge in [0.25, 0.3) is 0 Å². The highest BCUT2D eigenvalue weighted by Crippen LogP contribution is 2.28. The highest BCUT2D eigenvalue weighted by molar-refractivity contribution is 7.88. The summed E-state index contributed by atoms with van der Waals surface area (Å²) in [5, 5.41) is 3.35. The molecule has 1 N–H and O–H groups in total. The van der Waals surface area contributed by atoms with Crippen LogP contribution in [0.4, 0.5) is 0 Å². The third-order valence-electron chi connectivity index (χ3n) is 4.93. The van der Waals surface area contributed by atoms with E-state index in [0.29, 0.717) is 13.1 Å². The monoisotopic (exact) mass is 360 g/mol. The fourth-order valence-electron chi connectivity index (χ4n) is 3.38. The van der Waals surface area contributed by atoms with Crippen LogP contribution in [0.2, 0.25) is 0 Å². The number of aliphatic imine (C=N–C) groups is 1. The molecule has 0 spiro atoms. The highest BCUT2D eigenvalue weighted by atomic mass is 32.2. The van der Waals surface area contributed by atoms with Crippen molar-refractivity contribution in [1.29, 1.82) is 0 Å². The third-order valence-corrected chi connectivity index (χ3v) is 6.31. The minimum atomic E-state index is -3.10. The summed E-state index contributed by atoms with van der Waals surface area (Å²) < 4.78 is 24.7. The van der Waals surface area contributed by atoms with Crippen LogP contribution in [0, 0.1) is 11.8 Å². The number of guanidine groups is 1. The van der Waals surface area contributed by atoms with Gasteiger partial charge in [0.05, 0.1) is 6.26 Å². The summed E-state index contributed by atoms with van der Waals surface area (Å²) in [6.07, 6.45) is 7.33. The Bertz CT molecular complexity index is 485. The first kappa shape index (κ1) is 21.2. The van der Waals surface area contributed by atoms with Crippen molar-refractivity contribution in [3.63, 3.8) is 0 Å². The summed E-state index contributed by atoms with van der Waals surface area (Å²) >= 11 is 0. The number of nitrogens with zero attached hydrogens (tertiary/aromatic N) is 3. The number of sulfonamides is 1. The summed E-state index contributed by atoms with van der Waals surface area (Å²) in [6, 6.07) is 0. The molecule has 6 nitrogen and oxygen atoms in total. The molecule has 0 aromatic carbocycles. The van der Waals surface area contributed by atoms with E-state index < -0.39 is 10.0 Å². The molecule has 0 heterocycles. The van der Waals surface area contributed by atoms with Crippen LogP contribution < -0.4 is 5.32 Å². The Labute approximate surface area is 148 Å². The summed E-state index contributed by atoms with van der Waals surface area (Å²) in [4.78, 5) is 6.56. The maximum Gasteiger partial charge on any atom is 0.211 e. The topological polar surface area (TPSA) is 65.0 Å². The number of nitrogens with one attached hydrogen (secondary N) is 1. The second-order valence-corrected chi connectivity index (χ2v) is 9.07. The van der Waals surface area contributed by atoms with E-state index in [0.717, 1.165) is 37.3 Å². The van der Waals surface area contributed by atoms with Gasteiger partial charge in [0.1, 0.15) is 0 Å². The molecule has 1 aliphatic rings. The molecule has 0 unspecified atom stereocenters. The molecule has 142 valence electrons. The molecule has 0 bridgehead atoms. The molecule has 0 aromatic heterocycles. The SMILES string of the molecule is CCN(CCCNC(=NC)N(C)CC1CCC(C)CC1)S(C)(=O)=O. The summed E-state index contributed by atoms with van der Waals surface area (Å²) in [5.74, 6) is 2.53. The Morgan fingerprint density at radius 1 is 1.25 bits per heavy atom. The van der Waals surface area contributed by atoms with Gasteiger partial charge in [0.2, 0.25) is 10.0 Å². The summed E-state index contributed by atoms with van der Waals surface area (Å²) in [6.45, 7) is 7.04. The maximum atomic E-state index is 11.6. The third kappa shape index (κ3) is 7.38. The van der Waals surface area contributed by atoms with Crippen LogP contribution in [0.3, 0.4) is 0 Å².